The highest BCUT2D eigenvalue weighted by molar-refractivity contribution is 6.11. The molecule has 0 bridgehead atoms. The Bertz CT molecular complexity index is 3420. The largest absolute Gasteiger partial charge is 0.456 e. The van der Waals surface area contributed by atoms with Gasteiger partial charge < -0.3 is 13.9 Å². The molecule has 9 aromatic carbocycles. The molecule has 0 spiro atoms. The molecule has 11 aromatic rings. The number of anilines is 3. The lowest BCUT2D eigenvalue weighted by Gasteiger charge is -2.29. The Balaban J connectivity index is 1.09. The zero-order chi connectivity index (χ0) is 40.3. The molecule has 61 heavy (non-hydrogen) atoms. The van der Waals surface area contributed by atoms with Crippen molar-refractivity contribution >= 4 is 71.6 Å². The standard InChI is InChI=1S/C58H44N2O/c1-3-16-39(17-4-1)46-27-14-18-40-19-15-28-52(58(40)46)48-25-8-10-29-53(48)59(44-23-13-20-41(36-44)42-32-34-51-50-26-9-12-31-56(50)61-57(51)37-42)45-33-35-49-47-24-7-11-30-54(47)60(55(49)38-45)43-21-5-2-6-22-43/h2,5-15,18-39H,1,3-4,16-17H2. The van der Waals surface area contributed by atoms with Crippen molar-refractivity contribution in [1.29, 1.82) is 0 Å². The number of hydrogen-bond acceptors (Lipinski definition) is 2. The van der Waals surface area contributed by atoms with Crippen molar-refractivity contribution < 1.29 is 4.42 Å². The Kier molecular flexibility index (Phi) is 8.59. The smallest absolute Gasteiger partial charge is 0.136 e. The maximum atomic E-state index is 6.38. The molecule has 1 aliphatic carbocycles. The highest BCUT2D eigenvalue weighted by Gasteiger charge is 2.24. The Labute approximate surface area is 355 Å². The predicted molar refractivity (Wildman–Crippen MR) is 257 cm³/mol. The van der Waals surface area contributed by atoms with Crippen LogP contribution in [0.2, 0.25) is 0 Å². The van der Waals surface area contributed by atoms with Crippen molar-refractivity contribution in [1.82, 2.24) is 4.57 Å². The van der Waals surface area contributed by atoms with Crippen LogP contribution in [0.15, 0.2) is 205 Å². The molecular formula is C58H44N2O. The van der Waals surface area contributed by atoms with Crippen LogP contribution in [-0.2, 0) is 0 Å². The highest BCUT2D eigenvalue weighted by Crippen LogP contribution is 2.47. The highest BCUT2D eigenvalue weighted by atomic mass is 16.3. The van der Waals surface area contributed by atoms with E-state index < -0.39 is 0 Å². The van der Waals surface area contributed by atoms with Crippen LogP contribution in [0.4, 0.5) is 17.1 Å². The molecule has 0 aliphatic heterocycles. The second kappa shape index (κ2) is 14.7. The van der Waals surface area contributed by atoms with Gasteiger partial charge in [-0.2, -0.15) is 0 Å². The number of para-hydroxylation sites is 4. The fraction of sp³-hybridized carbons (Fsp3) is 0.103. The quantitative estimate of drug-likeness (QED) is 0.161. The second-order valence-corrected chi connectivity index (χ2v) is 16.7. The van der Waals surface area contributed by atoms with E-state index in [2.05, 4.69) is 198 Å². The summed E-state index contributed by atoms with van der Waals surface area (Å²) in [5.74, 6) is 0.574. The van der Waals surface area contributed by atoms with Crippen LogP contribution < -0.4 is 4.90 Å². The summed E-state index contributed by atoms with van der Waals surface area (Å²) in [5, 5.41) is 7.44. The molecule has 2 aromatic heterocycles. The first kappa shape index (κ1) is 35.6. The zero-order valence-electron chi connectivity index (χ0n) is 34.0. The summed E-state index contributed by atoms with van der Waals surface area (Å²) in [6.07, 6.45) is 6.45. The summed E-state index contributed by atoms with van der Waals surface area (Å²) in [4.78, 5) is 2.48. The minimum atomic E-state index is 0.574. The Hall–Kier alpha value is -7.36. The molecule has 12 rings (SSSR count). The summed E-state index contributed by atoms with van der Waals surface area (Å²) >= 11 is 0. The van der Waals surface area contributed by atoms with Gasteiger partial charge in [0.1, 0.15) is 11.2 Å². The van der Waals surface area contributed by atoms with Gasteiger partial charge in [-0.15, -0.1) is 0 Å². The van der Waals surface area contributed by atoms with Crippen molar-refractivity contribution in [3.63, 3.8) is 0 Å². The summed E-state index contributed by atoms with van der Waals surface area (Å²) in [7, 11) is 0. The van der Waals surface area contributed by atoms with Crippen molar-refractivity contribution in [3.8, 4) is 27.9 Å². The van der Waals surface area contributed by atoms with E-state index >= 15 is 0 Å². The maximum absolute atomic E-state index is 6.38. The first-order chi connectivity index (χ1) is 30.3. The van der Waals surface area contributed by atoms with E-state index in [1.165, 1.54) is 81.4 Å². The van der Waals surface area contributed by atoms with E-state index in [4.69, 9.17) is 4.42 Å². The zero-order valence-corrected chi connectivity index (χ0v) is 34.0. The number of furan rings is 1. The van der Waals surface area contributed by atoms with Crippen LogP contribution in [0.5, 0.6) is 0 Å². The molecule has 292 valence electrons. The Morgan fingerprint density at radius 3 is 2.02 bits per heavy atom. The molecular weight excluding hydrogens is 741 g/mol. The van der Waals surface area contributed by atoms with Gasteiger partial charge in [0.25, 0.3) is 0 Å². The fourth-order valence-electron chi connectivity index (χ4n) is 10.4. The number of rotatable bonds is 7. The van der Waals surface area contributed by atoms with Gasteiger partial charge in [0.05, 0.1) is 16.7 Å². The van der Waals surface area contributed by atoms with E-state index in [-0.39, 0.29) is 0 Å². The lowest BCUT2D eigenvalue weighted by Crippen LogP contribution is -2.12. The average molecular weight is 785 g/mol. The van der Waals surface area contributed by atoms with E-state index in [9.17, 15) is 0 Å². The molecule has 1 fully saturated rings. The van der Waals surface area contributed by atoms with Crippen LogP contribution in [0, 0.1) is 0 Å². The van der Waals surface area contributed by atoms with Crippen molar-refractivity contribution in [2.75, 3.05) is 4.90 Å². The van der Waals surface area contributed by atoms with Gasteiger partial charge in [-0.3, -0.25) is 0 Å². The van der Waals surface area contributed by atoms with Gasteiger partial charge in [0.2, 0.25) is 0 Å². The van der Waals surface area contributed by atoms with Crippen LogP contribution in [0.3, 0.4) is 0 Å². The molecule has 0 amide bonds. The summed E-state index contributed by atoms with van der Waals surface area (Å²) in [6, 6.07) is 73.4. The van der Waals surface area contributed by atoms with E-state index in [1.54, 1.807) is 0 Å². The molecule has 1 aliphatic rings. The van der Waals surface area contributed by atoms with Gasteiger partial charge in [-0.25, -0.2) is 0 Å². The van der Waals surface area contributed by atoms with Crippen LogP contribution in [0.25, 0.3) is 82.5 Å². The van der Waals surface area contributed by atoms with E-state index in [1.807, 2.05) is 12.1 Å². The van der Waals surface area contributed by atoms with Crippen molar-refractivity contribution in [2.24, 2.45) is 0 Å². The van der Waals surface area contributed by atoms with Crippen molar-refractivity contribution in [3.05, 3.63) is 206 Å². The molecule has 0 saturated heterocycles. The molecule has 0 N–H and O–H groups in total. The van der Waals surface area contributed by atoms with Crippen LogP contribution in [0.1, 0.15) is 43.6 Å². The molecule has 0 unspecified atom stereocenters. The monoisotopic (exact) mass is 784 g/mol. The SMILES string of the molecule is c1ccc(-n2c3ccccc3c3ccc(N(c4cccc(-c5ccc6c(c5)oc5ccccc56)c4)c4ccccc4-c4cccc5cccc(C6CCCCC6)c45)cc32)cc1. The second-order valence-electron chi connectivity index (χ2n) is 16.7. The molecule has 3 heteroatoms. The summed E-state index contributed by atoms with van der Waals surface area (Å²) in [6.45, 7) is 0. The maximum Gasteiger partial charge on any atom is 0.136 e. The Morgan fingerprint density at radius 2 is 1.11 bits per heavy atom. The first-order valence-electron chi connectivity index (χ1n) is 21.8. The van der Waals surface area contributed by atoms with Crippen LogP contribution in [-0.4, -0.2) is 4.57 Å². The lowest BCUT2D eigenvalue weighted by atomic mass is 9.80. The third-order valence-corrected chi connectivity index (χ3v) is 13.2. The number of hydrogen-bond donors (Lipinski definition) is 0. The third kappa shape index (κ3) is 6.03. The number of nitrogens with zero attached hydrogens (tertiary/aromatic N) is 2. The predicted octanol–water partition coefficient (Wildman–Crippen LogP) is 16.7. The minimum absolute atomic E-state index is 0.574. The average Bonchev–Trinajstić information content (AvgIpc) is 3.87. The molecule has 0 atom stereocenters. The van der Waals surface area contributed by atoms with Gasteiger partial charge in [0, 0.05) is 44.2 Å². The fourth-order valence-corrected chi connectivity index (χ4v) is 10.4. The van der Waals surface area contributed by atoms with Gasteiger partial charge >= 0.3 is 0 Å². The summed E-state index contributed by atoms with van der Waals surface area (Å²) in [5.41, 5.74) is 14.9. The van der Waals surface area contributed by atoms with Gasteiger partial charge in [0.15, 0.2) is 0 Å². The summed E-state index contributed by atoms with van der Waals surface area (Å²) < 4.78 is 8.80. The Morgan fingerprint density at radius 1 is 0.443 bits per heavy atom. The first-order valence-corrected chi connectivity index (χ1v) is 21.8. The number of aromatic nitrogens is 1. The topological polar surface area (TPSA) is 21.3 Å². The van der Waals surface area contributed by atoms with Crippen LogP contribution >= 0.6 is 0 Å². The lowest BCUT2D eigenvalue weighted by molar-refractivity contribution is 0.445. The molecule has 1 saturated carbocycles. The van der Waals surface area contributed by atoms with Gasteiger partial charge in [-0.05, 0) is 119 Å². The van der Waals surface area contributed by atoms with E-state index in [0.29, 0.717) is 5.92 Å². The molecule has 3 nitrogen and oxygen atoms in total. The minimum Gasteiger partial charge on any atom is -0.456 e. The number of fused-ring (bicyclic) bond motifs is 7. The van der Waals surface area contributed by atoms with E-state index in [0.717, 1.165) is 55.8 Å². The molecule has 2 heterocycles. The normalized spacial score (nSPS) is 13.5. The molecule has 0 radical (unpaired) electrons. The van der Waals surface area contributed by atoms with Gasteiger partial charge in [-0.1, -0.05) is 153 Å². The van der Waals surface area contributed by atoms with Crippen molar-refractivity contribution in [2.45, 2.75) is 38.0 Å². The number of benzene rings is 9. The third-order valence-electron chi connectivity index (χ3n) is 13.2.